The van der Waals surface area contributed by atoms with Gasteiger partial charge in [-0.2, -0.15) is 0 Å². The smallest absolute Gasteiger partial charge is 0.242 e. The van der Waals surface area contributed by atoms with Gasteiger partial charge in [-0.1, -0.05) is 46.3 Å². The van der Waals surface area contributed by atoms with Crippen molar-refractivity contribution in [2.24, 2.45) is 0 Å². The summed E-state index contributed by atoms with van der Waals surface area (Å²) in [5, 5.41) is 0. The molecule has 2 aromatic rings. The predicted molar refractivity (Wildman–Crippen MR) is 86.7 cm³/mol. The van der Waals surface area contributed by atoms with Crippen molar-refractivity contribution in [3.63, 3.8) is 0 Å². The second-order valence-corrected chi connectivity index (χ2v) is 7.56. The molecule has 4 nitrogen and oxygen atoms in total. The van der Waals surface area contributed by atoms with Gasteiger partial charge in [0.25, 0.3) is 0 Å². The number of hydrogen-bond acceptors (Lipinski definition) is 3. The highest BCUT2D eigenvalue weighted by Crippen LogP contribution is 2.31. The number of nitrogens with one attached hydrogen (secondary N) is 1. The quantitative estimate of drug-likeness (QED) is 0.747. The van der Waals surface area contributed by atoms with E-state index in [1.165, 1.54) is 6.07 Å². The molecule has 0 saturated carbocycles. The molecule has 2 rings (SSSR count). The third kappa shape index (κ3) is 3.60. The zero-order valence-corrected chi connectivity index (χ0v) is 14.3. The highest BCUT2D eigenvalue weighted by molar-refractivity contribution is 9.11. The molecular weight excluding hydrogens is 408 g/mol. The van der Waals surface area contributed by atoms with E-state index in [1.807, 2.05) is 30.3 Å². The number of halogens is 2. The fraction of sp³-hybridized carbons (Fsp3) is 0.0769. The van der Waals surface area contributed by atoms with Crippen LogP contribution >= 0.6 is 31.9 Å². The highest BCUT2D eigenvalue weighted by Gasteiger charge is 2.19. The summed E-state index contributed by atoms with van der Waals surface area (Å²) in [6, 6.07) is 12.4. The molecule has 0 aliphatic heterocycles. The third-order valence-electron chi connectivity index (χ3n) is 2.63. The van der Waals surface area contributed by atoms with Crippen molar-refractivity contribution in [3.05, 3.63) is 57.0 Å². The van der Waals surface area contributed by atoms with Gasteiger partial charge in [-0.25, -0.2) is 13.1 Å². The molecule has 0 heterocycles. The van der Waals surface area contributed by atoms with Crippen LogP contribution in [0.5, 0.6) is 0 Å². The van der Waals surface area contributed by atoms with E-state index in [1.54, 1.807) is 6.07 Å². The first-order valence-corrected chi connectivity index (χ1v) is 8.75. The number of anilines is 1. The molecule has 0 spiro atoms. The van der Waals surface area contributed by atoms with Crippen LogP contribution < -0.4 is 10.5 Å². The van der Waals surface area contributed by atoms with E-state index in [9.17, 15) is 8.42 Å². The Morgan fingerprint density at radius 1 is 1.10 bits per heavy atom. The largest absolute Gasteiger partial charge is 0.398 e. The van der Waals surface area contributed by atoms with E-state index in [0.717, 1.165) is 5.56 Å². The van der Waals surface area contributed by atoms with Crippen LogP contribution in [0.25, 0.3) is 0 Å². The molecule has 0 aliphatic rings. The second-order valence-electron chi connectivity index (χ2n) is 4.12. The molecule has 3 N–H and O–H groups in total. The molecule has 0 bridgehead atoms. The van der Waals surface area contributed by atoms with Crippen LogP contribution in [0, 0.1) is 0 Å². The molecule has 20 heavy (non-hydrogen) atoms. The van der Waals surface area contributed by atoms with Gasteiger partial charge < -0.3 is 5.73 Å². The van der Waals surface area contributed by atoms with E-state index in [2.05, 4.69) is 36.6 Å². The summed E-state index contributed by atoms with van der Waals surface area (Å²) in [5.41, 5.74) is 7.00. The lowest BCUT2D eigenvalue weighted by Gasteiger charge is -2.11. The molecule has 0 radical (unpaired) electrons. The first kappa shape index (κ1) is 15.5. The summed E-state index contributed by atoms with van der Waals surface area (Å²) in [5.74, 6) is 0. The van der Waals surface area contributed by atoms with Gasteiger partial charge in [0.1, 0.15) is 0 Å². The SMILES string of the molecule is Nc1cc(Br)cc(S(=O)(=O)NCc2ccccc2)c1Br. The van der Waals surface area contributed by atoms with Gasteiger partial charge in [0.15, 0.2) is 0 Å². The summed E-state index contributed by atoms with van der Waals surface area (Å²) in [6.07, 6.45) is 0. The maximum Gasteiger partial charge on any atom is 0.242 e. The Hall–Kier alpha value is -0.890. The van der Waals surface area contributed by atoms with Crippen molar-refractivity contribution < 1.29 is 8.42 Å². The number of rotatable bonds is 4. The van der Waals surface area contributed by atoms with Crippen molar-refractivity contribution in [1.82, 2.24) is 4.72 Å². The summed E-state index contributed by atoms with van der Waals surface area (Å²) in [7, 11) is -3.64. The van der Waals surface area contributed by atoms with Gasteiger partial charge in [-0.05, 0) is 33.6 Å². The van der Waals surface area contributed by atoms with Crippen LogP contribution in [0.3, 0.4) is 0 Å². The third-order valence-corrected chi connectivity index (χ3v) is 5.66. The minimum absolute atomic E-state index is 0.111. The molecular formula is C13H12Br2N2O2S. The molecule has 0 saturated heterocycles. The number of benzene rings is 2. The minimum atomic E-state index is -3.64. The molecule has 0 amide bonds. The molecule has 7 heteroatoms. The van der Waals surface area contributed by atoms with Gasteiger partial charge in [-0.15, -0.1) is 0 Å². The van der Waals surface area contributed by atoms with Crippen LogP contribution in [0.15, 0.2) is 56.3 Å². The maximum absolute atomic E-state index is 12.3. The lowest BCUT2D eigenvalue weighted by molar-refractivity contribution is 0.581. The summed E-state index contributed by atoms with van der Waals surface area (Å²) in [4.78, 5) is 0.111. The Morgan fingerprint density at radius 2 is 1.75 bits per heavy atom. The van der Waals surface area contributed by atoms with Gasteiger partial charge in [-0.3, -0.25) is 0 Å². The zero-order chi connectivity index (χ0) is 14.8. The van der Waals surface area contributed by atoms with Crippen molar-refractivity contribution in [1.29, 1.82) is 0 Å². The molecule has 0 unspecified atom stereocenters. The molecule has 0 fully saturated rings. The van der Waals surface area contributed by atoms with Gasteiger partial charge in [0, 0.05) is 16.7 Å². The number of nitrogens with two attached hydrogens (primary N) is 1. The summed E-state index contributed by atoms with van der Waals surface area (Å²) < 4.78 is 28.2. The first-order chi connectivity index (χ1) is 9.40. The van der Waals surface area contributed by atoms with Crippen LogP contribution in [-0.4, -0.2) is 8.42 Å². The lowest BCUT2D eigenvalue weighted by Crippen LogP contribution is -2.23. The van der Waals surface area contributed by atoms with Crippen molar-refractivity contribution in [2.75, 3.05) is 5.73 Å². The lowest BCUT2D eigenvalue weighted by atomic mass is 10.2. The first-order valence-electron chi connectivity index (χ1n) is 5.68. The van der Waals surface area contributed by atoms with E-state index >= 15 is 0 Å². The average molecular weight is 420 g/mol. The number of nitrogen functional groups attached to an aromatic ring is 1. The average Bonchev–Trinajstić information content (AvgIpc) is 2.42. The van der Waals surface area contributed by atoms with Gasteiger partial charge in [0.2, 0.25) is 10.0 Å². The van der Waals surface area contributed by atoms with Crippen LogP contribution in [0.4, 0.5) is 5.69 Å². The Morgan fingerprint density at radius 3 is 2.40 bits per heavy atom. The Bertz CT molecular complexity index is 719. The highest BCUT2D eigenvalue weighted by atomic mass is 79.9. The standard InChI is InChI=1S/C13H12Br2N2O2S/c14-10-6-11(16)13(15)12(7-10)20(18,19)17-8-9-4-2-1-3-5-9/h1-7,17H,8,16H2. The molecule has 0 aliphatic carbocycles. The van der Waals surface area contributed by atoms with Crippen molar-refractivity contribution >= 4 is 47.6 Å². The topological polar surface area (TPSA) is 72.2 Å². The predicted octanol–water partition coefficient (Wildman–Crippen LogP) is 3.27. The number of hydrogen-bond donors (Lipinski definition) is 2. The number of sulfonamides is 1. The Labute approximate surface area is 134 Å². The monoisotopic (exact) mass is 418 g/mol. The molecule has 0 atom stereocenters. The van der Waals surface area contributed by atoms with Crippen molar-refractivity contribution in [3.8, 4) is 0 Å². The molecule has 106 valence electrons. The van der Waals surface area contributed by atoms with Crippen LogP contribution in [-0.2, 0) is 16.6 Å². The van der Waals surface area contributed by atoms with E-state index in [0.29, 0.717) is 14.6 Å². The fourth-order valence-electron chi connectivity index (χ4n) is 1.63. The van der Waals surface area contributed by atoms with E-state index in [-0.39, 0.29) is 11.4 Å². The Kier molecular flexibility index (Phi) is 4.85. The Balaban J connectivity index is 2.27. The van der Waals surface area contributed by atoms with E-state index < -0.39 is 10.0 Å². The molecule has 2 aromatic carbocycles. The normalized spacial score (nSPS) is 11.5. The van der Waals surface area contributed by atoms with Gasteiger partial charge >= 0.3 is 0 Å². The summed E-state index contributed by atoms with van der Waals surface area (Å²) in [6.45, 7) is 0.224. The zero-order valence-electron chi connectivity index (χ0n) is 10.3. The van der Waals surface area contributed by atoms with Crippen LogP contribution in [0.1, 0.15) is 5.56 Å². The van der Waals surface area contributed by atoms with Gasteiger partial charge in [0.05, 0.1) is 9.37 Å². The van der Waals surface area contributed by atoms with Crippen LogP contribution in [0.2, 0.25) is 0 Å². The van der Waals surface area contributed by atoms with Crippen molar-refractivity contribution in [2.45, 2.75) is 11.4 Å². The minimum Gasteiger partial charge on any atom is -0.398 e. The molecule has 0 aromatic heterocycles. The fourth-order valence-corrected chi connectivity index (χ4v) is 4.28. The van der Waals surface area contributed by atoms with E-state index in [4.69, 9.17) is 5.73 Å². The maximum atomic E-state index is 12.3. The summed E-state index contributed by atoms with van der Waals surface area (Å²) >= 11 is 6.45. The second kappa shape index (κ2) is 6.26.